The topological polar surface area (TPSA) is 79.2 Å². The Balaban J connectivity index is 2.86. The second kappa shape index (κ2) is 5.82. The van der Waals surface area contributed by atoms with Crippen LogP contribution in [-0.2, 0) is 0 Å². The molecule has 0 fully saturated rings. The van der Waals surface area contributed by atoms with Gasteiger partial charge in [-0.25, -0.2) is 0 Å². The molecule has 1 rings (SSSR count). The summed E-state index contributed by atoms with van der Waals surface area (Å²) >= 11 is 0. The molecule has 0 aliphatic carbocycles. The zero-order chi connectivity index (χ0) is 13.8. The highest BCUT2D eigenvalue weighted by atomic mass is 16.2. The fourth-order valence-electron chi connectivity index (χ4n) is 1.63. The summed E-state index contributed by atoms with van der Waals surface area (Å²) in [6, 6.07) is 2.90. The fourth-order valence-corrected chi connectivity index (χ4v) is 1.63. The van der Waals surface area contributed by atoms with Crippen molar-refractivity contribution in [3.05, 3.63) is 34.2 Å². The quantitative estimate of drug-likeness (QED) is 0.813. The molecule has 3 N–H and O–H groups in total. The Morgan fingerprint density at radius 1 is 1.44 bits per heavy atom. The van der Waals surface area contributed by atoms with Gasteiger partial charge in [0.05, 0.1) is 5.56 Å². The first-order valence-corrected chi connectivity index (χ1v) is 6.07. The smallest absolute Gasteiger partial charge is 0.255 e. The average Bonchev–Trinajstić information content (AvgIpc) is 2.36. The average molecular weight is 251 g/mol. The lowest BCUT2D eigenvalue weighted by Gasteiger charge is -2.31. The maximum absolute atomic E-state index is 12.2. The molecule has 5 nitrogen and oxygen atoms in total. The minimum Gasteiger partial charge on any atom is -0.338 e. The fraction of sp³-hybridized carbons (Fsp3) is 0.538. The van der Waals surface area contributed by atoms with Gasteiger partial charge >= 0.3 is 0 Å². The highest BCUT2D eigenvalue weighted by Crippen LogP contribution is 2.16. The van der Waals surface area contributed by atoms with Crippen LogP contribution in [0.4, 0.5) is 0 Å². The number of H-pyrrole nitrogens is 1. The van der Waals surface area contributed by atoms with Crippen molar-refractivity contribution in [2.75, 3.05) is 19.6 Å². The third kappa shape index (κ3) is 3.70. The number of rotatable bonds is 5. The lowest BCUT2D eigenvalue weighted by Crippen LogP contribution is -2.42. The van der Waals surface area contributed by atoms with Crippen LogP contribution in [0.25, 0.3) is 0 Å². The number of nitrogens with zero attached hydrogens (tertiary/aromatic N) is 1. The zero-order valence-electron chi connectivity index (χ0n) is 11.2. The third-order valence-electron chi connectivity index (χ3n) is 2.87. The summed E-state index contributed by atoms with van der Waals surface area (Å²) in [5.41, 5.74) is 5.84. The summed E-state index contributed by atoms with van der Waals surface area (Å²) in [5, 5.41) is 0. The lowest BCUT2D eigenvalue weighted by atomic mass is 9.93. The van der Waals surface area contributed by atoms with E-state index in [0.717, 1.165) is 0 Å². The van der Waals surface area contributed by atoms with E-state index in [1.165, 1.54) is 12.3 Å². The summed E-state index contributed by atoms with van der Waals surface area (Å²) in [5.74, 6) is -0.0877. The number of aromatic amines is 1. The molecule has 5 heteroatoms. The molecule has 1 aromatic heterocycles. The molecule has 0 atom stereocenters. The molecule has 0 unspecified atom stereocenters. The van der Waals surface area contributed by atoms with Crippen LogP contribution in [0, 0.1) is 5.41 Å². The van der Waals surface area contributed by atoms with Gasteiger partial charge in [0.25, 0.3) is 5.91 Å². The number of hydrogen-bond acceptors (Lipinski definition) is 3. The summed E-state index contributed by atoms with van der Waals surface area (Å²) in [7, 11) is 0. The highest BCUT2D eigenvalue weighted by Gasteiger charge is 2.23. The molecular formula is C13H21N3O2. The Labute approximate surface area is 107 Å². The van der Waals surface area contributed by atoms with Crippen LogP contribution in [-0.4, -0.2) is 35.4 Å². The molecular weight excluding hydrogens is 230 g/mol. The molecule has 0 bridgehead atoms. The number of aromatic nitrogens is 1. The van der Waals surface area contributed by atoms with E-state index in [-0.39, 0.29) is 16.9 Å². The molecule has 100 valence electrons. The number of hydrogen-bond donors (Lipinski definition) is 2. The van der Waals surface area contributed by atoms with Gasteiger partial charge in [-0.05, 0) is 24.9 Å². The van der Waals surface area contributed by atoms with E-state index in [9.17, 15) is 9.59 Å². The minimum absolute atomic E-state index is 0.0877. The van der Waals surface area contributed by atoms with Crippen LogP contribution in [0.3, 0.4) is 0 Å². The zero-order valence-corrected chi connectivity index (χ0v) is 11.2. The van der Waals surface area contributed by atoms with Gasteiger partial charge in [0.15, 0.2) is 0 Å². The van der Waals surface area contributed by atoms with Crippen LogP contribution in [0.2, 0.25) is 0 Å². The van der Waals surface area contributed by atoms with Gasteiger partial charge in [-0.1, -0.05) is 13.8 Å². The van der Waals surface area contributed by atoms with E-state index in [4.69, 9.17) is 5.73 Å². The Kier molecular flexibility index (Phi) is 4.67. The van der Waals surface area contributed by atoms with Crippen molar-refractivity contribution >= 4 is 5.91 Å². The second-order valence-corrected chi connectivity index (χ2v) is 5.13. The van der Waals surface area contributed by atoms with Crippen molar-refractivity contribution in [2.45, 2.75) is 20.8 Å². The van der Waals surface area contributed by atoms with E-state index in [1.807, 2.05) is 20.8 Å². The molecule has 1 amide bonds. The maximum atomic E-state index is 12.2. The van der Waals surface area contributed by atoms with E-state index < -0.39 is 0 Å². The van der Waals surface area contributed by atoms with Crippen molar-refractivity contribution in [2.24, 2.45) is 11.1 Å². The molecule has 0 spiro atoms. The van der Waals surface area contributed by atoms with Gasteiger partial charge in [0.2, 0.25) is 5.56 Å². The van der Waals surface area contributed by atoms with Crippen LogP contribution in [0.1, 0.15) is 31.1 Å². The maximum Gasteiger partial charge on any atom is 0.255 e. The number of carbonyl (C=O) groups excluding carboxylic acids is 1. The van der Waals surface area contributed by atoms with Crippen molar-refractivity contribution in [1.82, 2.24) is 9.88 Å². The first-order chi connectivity index (χ1) is 8.39. The van der Waals surface area contributed by atoms with Gasteiger partial charge in [-0.3, -0.25) is 9.59 Å². The Hall–Kier alpha value is -1.62. The molecule has 18 heavy (non-hydrogen) atoms. The van der Waals surface area contributed by atoms with Gasteiger partial charge in [-0.15, -0.1) is 0 Å². The van der Waals surface area contributed by atoms with Crippen molar-refractivity contribution in [3.63, 3.8) is 0 Å². The summed E-state index contributed by atoms with van der Waals surface area (Å²) in [6.07, 6.45) is 1.45. The Bertz CT molecular complexity index is 445. The molecule has 0 saturated heterocycles. The summed E-state index contributed by atoms with van der Waals surface area (Å²) in [6.45, 7) is 7.70. The molecule has 0 aliphatic heterocycles. The predicted octanol–water partition coefficient (Wildman–Crippen LogP) is 0.822. The van der Waals surface area contributed by atoms with Crippen molar-refractivity contribution < 1.29 is 4.79 Å². The first kappa shape index (κ1) is 14.4. The van der Waals surface area contributed by atoms with E-state index in [1.54, 1.807) is 11.0 Å². The third-order valence-corrected chi connectivity index (χ3v) is 2.87. The number of carbonyl (C=O) groups is 1. The molecule has 0 aromatic carbocycles. The SMILES string of the molecule is CCN(CC(C)(C)CN)C(=O)c1ccc(=O)[nH]c1. The molecule has 0 aliphatic rings. The standard InChI is InChI=1S/C13H21N3O2/c1-4-16(9-13(2,3)8-14)12(18)10-5-6-11(17)15-7-10/h5-7H,4,8-9,14H2,1-3H3,(H,15,17). The Morgan fingerprint density at radius 2 is 2.11 bits per heavy atom. The van der Waals surface area contributed by atoms with Gasteiger partial charge in [0.1, 0.15) is 0 Å². The molecule has 1 aromatic rings. The van der Waals surface area contributed by atoms with Gasteiger partial charge in [-0.2, -0.15) is 0 Å². The highest BCUT2D eigenvalue weighted by molar-refractivity contribution is 5.93. The van der Waals surface area contributed by atoms with E-state index >= 15 is 0 Å². The number of amides is 1. The summed E-state index contributed by atoms with van der Waals surface area (Å²) in [4.78, 5) is 27.5. The summed E-state index contributed by atoms with van der Waals surface area (Å²) < 4.78 is 0. The number of nitrogens with two attached hydrogens (primary N) is 1. The molecule has 0 saturated carbocycles. The van der Waals surface area contributed by atoms with Gasteiger partial charge < -0.3 is 15.6 Å². The minimum atomic E-state index is -0.211. The van der Waals surface area contributed by atoms with Gasteiger partial charge in [0, 0.05) is 25.4 Å². The Morgan fingerprint density at radius 3 is 2.56 bits per heavy atom. The van der Waals surface area contributed by atoms with Crippen molar-refractivity contribution in [3.8, 4) is 0 Å². The predicted molar refractivity (Wildman–Crippen MR) is 71.5 cm³/mol. The van der Waals surface area contributed by atoms with Crippen LogP contribution in [0.15, 0.2) is 23.1 Å². The second-order valence-electron chi connectivity index (χ2n) is 5.13. The van der Waals surface area contributed by atoms with Crippen LogP contribution < -0.4 is 11.3 Å². The van der Waals surface area contributed by atoms with Crippen LogP contribution >= 0.6 is 0 Å². The number of pyridine rings is 1. The van der Waals surface area contributed by atoms with E-state index in [2.05, 4.69) is 4.98 Å². The van der Waals surface area contributed by atoms with Crippen molar-refractivity contribution in [1.29, 1.82) is 0 Å². The normalized spacial score (nSPS) is 11.3. The van der Waals surface area contributed by atoms with Crippen LogP contribution in [0.5, 0.6) is 0 Å². The molecule has 1 heterocycles. The lowest BCUT2D eigenvalue weighted by molar-refractivity contribution is 0.0700. The monoisotopic (exact) mass is 251 g/mol. The largest absolute Gasteiger partial charge is 0.338 e. The molecule has 0 radical (unpaired) electrons. The first-order valence-electron chi connectivity index (χ1n) is 6.07. The number of nitrogens with one attached hydrogen (secondary N) is 1. The van der Waals surface area contributed by atoms with E-state index in [0.29, 0.717) is 25.2 Å².